The smallest absolute Gasteiger partial charge is 0.295 e. The van der Waals surface area contributed by atoms with Crippen LogP contribution in [0.5, 0.6) is 0 Å². The minimum absolute atomic E-state index is 0.128. The lowest BCUT2D eigenvalue weighted by molar-refractivity contribution is 0.628. The minimum atomic E-state index is -0.500. The Morgan fingerprint density at radius 1 is 1.07 bits per heavy atom. The first kappa shape index (κ1) is 18.3. The molecule has 3 heterocycles. The molecular formula is C20H11BrFN7O. The molecule has 0 aliphatic carbocycles. The quantitative estimate of drug-likeness (QED) is 0.435. The van der Waals surface area contributed by atoms with E-state index in [9.17, 15) is 9.18 Å². The van der Waals surface area contributed by atoms with E-state index in [-0.39, 0.29) is 17.5 Å². The van der Waals surface area contributed by atoms with Crippen LogP contribution < -0.4 is 10.9 Å². The van der Waals surface area contributed by atoms with Gasteiger partial charge in [0.1, 0.15) is 11.5 Å². The maximum Gasteiger partial charge on any atom is 0.295 e. The second kappa shape index (κ2) is 7.23. The first-order chi connectivity index (χ1) is 14.6. The van der Waals surface area contributed by atoms with Crippen molar-refractivity contribution < 1.29 is 4.39 Å². The van der Waals surface area contributed by atoms with Gasteiger partial charge in [-0.2, -0.15) is 4.52 Å². The minimum Gasteiger partial charge on any atom is -0.318 e. The summed E-state index contributed by atoms with van der Waals surface area (Å²) in [6, 6.07) is 11.6. The summed E-state index contributed by atoms with van der Waals surface area (Å²) >= 11 is 3.50. The van der Waals surface area contributed by atoms with Gasteiger partial charge < -0.3 is 5.32 Å². The van der Waals surface area contributed by atoms with Gasteiger partial charge in [-0.3, -0.25) is 9.78 Å². The first-order valence-corrected chi connectivity index (χ1v) is 9.58. The number of benzene rings is 2. The molecule has 5 rings (SSSR count). The molecule has 0 spiro atoms. The van der Waals surface area contributed by atoms with E-state index in [0.717, 1.165) is 9.86 Å². The number of para-hydroxylation sites is 1. The van der Waals surface area contributed by atoms with E-state index < -0.39 is 5.56 Å². The van der Waals surface area contributed by atoms with Crippen molar-refractivity contribution in [2.75, 3.05) is 5.32 Å². The number of anilines is 2. The molecule has 0 radical (unpaired) electrons. The highest BCUT2D eigenvalue weighted by molar-refractivity contribution is 9.10. The standard InChI is InChI=1S/C20H11BrFN7O/c21-14-6-2-5-13-16(14)26-20(25-15-10-23-7-8-24-19(15)30)29-18(13)27-17(28-29)11-3-1-4-12(22)9-11/h1-10H,(H,24,25,26,30). The molecule has 0 aliphatic heterocycles. The highest BCUT2D eigenvalue weighted by Gasteiger charge is 2.17. The predicted octanol–water partition coefficient (Wildman–Crippen LogP) is 3.74. The Labute approximate surface area is 176 Å². The van der Waals surface area contributed by atoms with Crippen LogP contribution in [-0.4, -0.2) is 29.5 Å². The molecule has 5 aromatic rings. The van der Waals surface area contributed by atoms with E-state index in [1.807, 2.05) is 18.2 Å². The summed E-state index contributed by atoms with van der Waals surface area (Å²) in [4.78, 5) is 29.2. The average Bonchev–Trinajstić information content (AvgIpc) is 3.09. The van der Waals surface area contributed by atoms with Gasteiger partial charge >= 0.3 is 0 Å². The second-order valence-electron chi connectivity index (χ2n) is 6.30. The van der Waals surface area contributed by atoms with Gasteiger partial charge in [-0.05, 0) is 40.2 Å². The van der Waals surface area contributed by atoms with Gasteiger partial charge in [-0.15, -0.1) is 5.10 Å². The Balaban J connectivity index is 1.79. The number of rotatable bonds is 3. The summed E-state index contributed by atoms with van der Waals surface area (Å²) < 4.78 is 15.9. The number of hydrogen-bond donors (Lipinski definition) is 1. The summed E-state index contributed by atoms with van der Waals surface area (Å²) in [5, 5.41) is 8.19. The Morgan fingerprint density at radius 3 is 2.80 bits per heavy atom. The van der Waals surface area contributed by atoms with Crippen molar-refractivity contribution in [2.24, 2.45) is 0 Å². The Morgan fingerprint density at radius 2 is 1.93 bits per heavy atom. The number of aromatic nitrogens is 6. The summed E-state index contributed by atoms with van der Waals surface area (Å²) in [5.74, 6) is 0.177. The average molecular weight is 464 g/mol. The number of nitrogens with one attached hydrogen (secondary N) is 1. The molecule has 0 unspecified atom stereocenters. The van der Waals surface area contributed by atoms with Crippen LogP contribution in [0.25, 0.3) is 27.9 Å². The molecule has 0 aliphatic rings. The Bertz CT molecular complexity index is 1490. The SMILES string of the molecule is O=c1nccncc1Nc1nc2c(Br)cccc2c2nc(-c3cccc(F)c3)nn12. The molecule has 2 aromatic carbocycles. The van der Waals surface area contributed by atoms with Crippen molar-refractivity contribution in [1.29, 1.82) is 0 Å². The summed E-state index contributed by atoms with van der Waals surface area (Å²) in [5.41, 5.74) is 1.27. The van der Waals surface area contributed by atoms with E-state index in [1.165, 1.54) is 35.2 Å². The van der Waals surface area contributed by atoms with E-state index in [0.29, 0.717) is 22.6 Å². The summed E-state index contributed by atoms with van der Waals surface area (Å²) in [6.07, 6.45) is 4.08. The molecule has 0 saturated heterocycles. The zero-order chi connectivity index (χ0) is 20.7. The van der Waals surface area contributed by atoms with Crippen molar-refractivity contribution in [3.8, 4) is 11.4 Å². The van der Waals surface area contributed by atoms with Crippen LogP contribution in [0.2, 0.25) is 0 Å². The molecule has 0 fully saturated rings. The number of hydrogen-bond acceptors (Lipinski definition) is 7. The van der Waals surface area contributed by atoms with E-state index in [1.54, 1.807) is 12.1 Å². The van der Waals surface area contributed by atoms with Crippen molar-refractivity contribution in [3.05, 3.63) is 81.7 Å². The van der Waals surface area contributed by atoms with Gasteiger partial charge in [0, 0.05) is 27.8 Å². The third-order valence-corrected chi connectivity index (χ3v) is 5.00. The van der Waals surface area contributed by atoms with Gasteiger partial charge in [-0.1, -0.05) is 18.2 Å². The summed E-state index contributed by atoms with van der Waals surface area (Å²) in [6.45, 7) is 0. The predicted molar refractivity (Wildman–Crippen MR) is 113 cm³/mol. The van der Waals surface area contributed by atoms with E-state index in [2.05, 4.69) is 46.3 Å². The van der Waals surface area contributed by atoms with Crippen LogP contribution in [0.3, 0.4) is 0 Å². The third-order valence-electron chi connectivity index (χ3n) is 4.36. The maximum absolute atomic E-state index is 13.7. The Kier molecular flexibility index (Phi) is 4.40. The zero-order valence-corrected chi connectivity index (χ0v) is 16.7. The molecule has 0 atom stereocenters. The van der Waals surface area contributed by atoms with Crippen LogP contribution in [0.15, 0.2) is 70.3 Å². The van der Waals surface area contributed by atoms with Crippen LogP contribution in [0.4, 0.5) is 16.0 Å². The van der Waals surface area contributed by atoms with Gasteiger partial charge in [0.2, 0.25) is 5.95 Å². The van der Waals surface area contributed by atoms with Crippen molar-refractivity contribution in [2.45, 2.75) is 0 Å². The fraction of sp³-hybridized carbons (Fsp3) is 0. The van der Waals surface area contributed by atoms with Gasteiger partial charge in [0.05, 0.1) is 11.7 Å². The molecular weight excluding hydrogens is 453 g/mol. The molecule has 0 saturated carbocycles. The van der Waals surface area contributed by atoms with Crippen LogP contribution in [0.1, 0.15) is 0 Å². The molecule has 1 N–H and O–H groups in total. The molecule has 8 nitrogen and oxygen atoms in total. The second-order valence-corrected chi connectivity index (χ2v) is 7.16. The van der Waals surface area contributed by atoms with Crippen LogP contribution >= 0.6 is 15.9 Å². The molecule has 30 heavy (non-hydrogen) atoms. The lowest BCUT2D eigenvalue weighted by Crippen LogP contribution is -2.12. The maximum atomic E-state index is 13.7. The number of fused-ring (bicyclic) bond motifs is 3. The van der Waals surface area contributed by atoms with Crippen LogP contribution in [-0.2, 0) is 0 Å². The van der Waals surface area contributed by atoms with Gasteiger partial charge in [0.15, 0.2) is 11.5 Å². The molecule has 0 amide bonds. The molecule has 10 heteroatoms. The van der Waals surface area contributed by atoms with Crippen molar-refractivity contribution in [3.63, 3.8) is 0 Å². The van der Waals surface area contributed by atoms with Crippen molar-refractivity contribution >= 4 is 44.1 Å². The monoisotopic (exact) mass is 463 g/mol. The topological polar surface area (TPSA) is 98.0 Å². The lowest BCUT2D eigenvalue weighted by atomic mass is 10.2. The van der Waals surface area contributed by atoms with Crippen LogP contribution in [0, 0.1) is 5.82 Å². The lowest BCUT2D eigenvalue weighted by Gasteiger charge is -2.08. The van der Waals surface area contributed by atoms with Gasteiger partial charge in [0.25, 0.3) is 5.56 Å². The van der Waals surface area contributed by atoms with Crippen molar-refractivity contribution in [1.82, 2.24) is 29.5 Å². The van der Waals surface area contributed by atoms with Gasteiger partial charge in [-0.25, -0.2) is 19.3 Å². The highest BCUT2D eigenvalue weighted by atomic mass is 79.9. The fourth-order valence-corrected chi connectivity index (χ4v) is 3.47. The zero-order valence-electron chi connectivity index (χ0n) is 15.1. The number of halogens is 2. The highest BCUT2D eigenvalue weighted by Crippen LogP contribution is 2.29. The normalized spacial score (nSPS) is 11.1. The number of nitrogens with zero attached hydrogens (tertiary/aromatic N) is 6. The fourth-order valence-electron chi connectivity index (χ4n) is 3.02. The molecule has 146 valence electrons. The largest absolute Gasteiger partial charge is 0.318 e. The van der Waals surface area contributed by atoms with E-state index in [4.69, 9.17) is 0 Å². The summed E-state index contributed by atoms with van der Waals surface area (Å²) in [7, 11) is 0. The van der Waals surface area contributed by atoms with E-state index >= 15 is 0 Å². The first-order valence-electron chi connectivity index (χ1n) is 8.78. The third kappa shape index (κ3) is 3.16. The molecule has 3 aromatic heterocycles. The Hall–Kier alpha value is -3.79. The molecule has 0 bridgehead atoms.